The number of fused-ring (bicyclic) bond motifs is 2. The lowest BCUT2D eigenvalue weighted by Gasteiger charge is -2.59. The van der Waals surface area contributed by atoms with Gasteiger partial charge in [-0.1, -0.05) is 32.6 Å². The first-order valence-electron chi connectivity index (χ1n) is 8.07. The summed E-state index contributed by atoms with van der Waals surface area (Å²) in [4.78, 5) is 12.4. The summed E-state index contributed by atoms with van der Waals surface area (Å²) in [5.74, 6) is 1.23. The first kappa shape index (κ1) is 16.4. The minimum Gasteiger partial charge on any atom is -0.454 e. The Hall–Kier alpha value is -1.42. The molecule has 3 aliphatic carbocycles. The third-order valence-electron chi connectivity index (χ3n) is 5.61. The lowest BCUT2D eigenvalue weighted by Crippen LogP contribution is -2.54. The summed E-state index contributed by atoms with van der Waals surface area (Å²) >= 11 is 0. The van der Waals surface area contributed by atoms with Gasteiger partial charge in [-0.3, -0.25) is 4.21 Å². The summed E-state index contributed by atoms with van der Waals surface area (Å²) in [5, 5.41) is 0. The Morgan fingerprint density at radius 1 is 1.39 bits per heavy atom. The van der Waals surface area contributed by atoms with Crippen LogP contribution in [0.2, 0.25) is 0 Å². The summed E-state index contributed by atoms with van der Waals surface area (Å²) < 4.78 is 17.1. The zero-order valence-electron chi connectivity index (χ0n) is 14.0. The summed E-state index contributed by atoms with van der Waals surface area (Å²) in [6, 6.07) is 7.23. The van der Waals surface area contributed by atoms with Crippen molar-refractivity contribution < 1.29 is 13.7 Å². The fraction of sp³-hybridized carbons (Fsp3) is 0.526. The molecule has 0 N–H and O–H groups in total. The largest absolute Gasteiger partial charge is 0.454 e. The van der Waals surface area contributed by atoms with Crippen LogP contribution in [0.3, 0.4) is 0 Å². The highest BCUT2D eigenvalue weighted by molar-refractivity contribution is 7.83. The lowest BCUT2D eigenvalue weighted by molar-refractivity contribution is -0.0769. The van der Waals surface area contributed by atoms with E-state index in [1.807, 2.05) is 12.1 Å². The monoisotopic (exact) mass is 332 g/mol. The fourth-order valence-electron chi connectivity index (χ4n) is 4.02. The highest BCUT2D eigenvalue weighted by atomic mass is 32.2. The standard InChI is InChI=1S/C19H24O3S/c1-12-16-9-15(19(16,2)3)10-17(12)22-18(20)14-7-5-6-13(8-14)11-23(4)21/h5-8,15-17H,1,9-11H2,2-4H3/t15-,16+,17+,23?/m1/s1. The summed E-state index contributed by atoms with van der Waals surface area (Å²) in [6.45, 7) is 8.76. The fourth-order valence-corrected chi connectivity index (χ4v) is 4.67. The Kier molecular flexibility index (Phi) is 4.21. The molecule has 0 radical (unpaired) electrons. The van der Waals surface area contributed by atoms with Gasteiger partial charge in [-0.15, -0.1) is 0 Å². The van der Waals surface area contributed by atoms with Gasteiger partial charge in [0, 0.05) is 22.8 Å². The molecule has 0 amide bonds. The number of benzene rings is 1. The normalized spacial score (nSPS) is 29.5. The van der Waals surface area contributed by atoms with E-state index in [4.69, 9.17) is 4.74 Å². The van der Waals surface area contributed by atoms with Gasteiger partial charge in [0.2, 0.25) is 0 Å². The molecule has 0 heterocycles. The number of carbonyl (C=O) groups is 1. The highest BCUT2D eigenvalue weighted by Crippen LogP contribution is 2.61. The molecule has 4 rings (SSSR count). The number of ether oxygens (including phenoxy) is 1. The summed E-state index contributed by atoms with van der Waals surface area (Å²) in [7, 11) is -0.924. The van der Waals surface area contributed by atoms with Crippen molar-refractivity contribution in [1.82, 2.24) is 0 Å². The van der Waals surface area contributed by atoms with E-state index in [1.165, 1.54) is 6.42 Å². The van der Waals surface area contributed by atoms with E-state index in [-0.39, 0.29) is 12.1 Å². The zero-order chi connectivity index (χ0) is 16.8. The first-order valence-corrected chi connectivity index (χ1v) is 9.80. The Morgan fingerprint density at radius 2 is 2.13 bits per heavy atom. The number of esters is 1. The SMILES string of the molecule is C=C1[C@@H](OC(=O)c2cccc(CS(C)=O)c2)C[C@H]2C[C@@H]1C2(C)C. The van der Waals surface area contributed by atoms with Crippen LogP contribution in [0.5, 0.6) is 0 Å². The van der Waals surface area contributed by atoms with E-state index < -0.39 is 10.8 Å². The van der Waals surface area contributed by atoms with Gasteiger partial charge in [-0.25, -0.2) is 4.79 Å². The van der Waals surface area contributed by atoms with Crippen LogP contribution < -0.4 is 0 Å². The minimum absolute atomic E-state index is 0.164. The van der Waals surface area contributed by atoms with Crippen molar-refractivity contribution in [3.8, 4) is 0 Å². The molecule has 3 nitrogen and oxygen atoms in total. The van der Waals surface area contributed by atoms with Crippen molar-refractivity contribution in [2.24, 2.45) is 17.3 Å². The van der Waals surface area contributed by atoms with Crippen molar-refractivity contribution >= 4 is 16.8 Å². The molecule has 124 valence electrons. The van der Waals surface area contributed by atoms with Gasteiger partial charge in [0.1, 0.15) is 6.10 Å². The molecule has 1 unspecified atom stereocenters. The van der Waals surface area contributed by atoms with Gasteiger partial charge in [-0.2, -0.15) is 0 Å². The van der Waals surface area contributed by atoms with E-state index in [0.29, 0.717) is 28.6 Å². The smallest absolute Gasteiger partial charge is 0.338 e. The maximum atomic E-state index is 12.4. The van der Waals surface area contributed by atoms with Crippen LogP contribution in [0, 0.1) is 17.3 Å². The van der Waals surface area contributed by atoms with Crippen molar-refractivity contribution in [3.63, 3.8) is 0 Å². The number of rotatable bonds is 4. The van der Waals surface area contributed by atoms with Gasteiger partial charge in [0.25, 0.3) is 0 Å². The van der Waals surface area contributed by atoms with E-state index in [9.17, 15) is 9.00 Å². The van der Waals surface area contributed by atoms with E-state index in [2.05, 4.69) is 20.4 Å². The molecule has 0 aromatic heterocycles. The number of hydrogen-bond donors (Lipinski definition) is 0. The van der Waals surface area contributed by atoms with Crippen molar-refractivity contribution in [2.75, 3.05) is 6.26 Å². The third-order valence-corrected chi connectivity index (χ3v) is 6.35. The Labute approximate surface area is 140 Å². The average Bonchev–Trinajstić information content (AvgIpc) is 2.48. The first-order chi connectivity index (χ1) is 10.8. The molecular formula is C19H24O3S. The Morgan fingerprint density at radius 3 is 2.74 bits per heavy atom. The molecule has 3 saturated carbocycles. The van der Waals surface area contributed by atoms with Gasteiger partial charge >= 0.3 is 5.97 Å². The van der Waals surface area contributed by atoms with Crippen molar-refractivity contribution in [2.45, 2.75) is 38.5 Å². The predicted octanol–water partition coefficient (Wildman–Crippen LogP) is 3.71. The van der Waals surface area contributed by atoms with E-state index in [1.54, 1.807) is 18.4 Å². The van der Waals surface area contributed by atoms with Crippen LogP contribution in [0.1, 0.15) is 42.6 Å². The van der Waals surface area contributed by atoms with Crippen LogP contribution in [-0.2, 0) is 21.3 Å². The molecule has 1 aromatic carbocycles. The molecule has 0 saturated heterocycles. The van der Waals surface area contributed by atoms with Crippen LogP contribution >= 0.6 is 0 Å². The highest BCUT2D eigenvalue weighted by Gasteiger charge is 2.55. The van der Waals surface area contributed by atoms with Crippen LogP contribution in [0.15, 0.2) is 36.4 Å². The molecule has 0 spiro atoms. The molecule has 23 heavy (non-hydrogen) atoms. The van der Waals surface area contributed by atoms with Gasteiger partial charge in [0.15, 0.2) is 0 Å². The molecule has 3 aliphatic rings. The molecule has 0 aliphatic heterocycles. The van der Waals surface area contributed by atoms with Gasteiger partial charge in [0.05, 0.1) is 5.56 Å². The van der Waals surface area contributed by atoms with Crippen molar-refractivity contribution in [1.29, 1.82) is 0 Å². The topological polar surface area (TPSA) is 43.4 Å². The molecular weight excluding hydrogens is 308 g/mol. The second-order valence-electron chi connectivity index (χ2n) is 7.43. The zero-order valence-corrected chi connectivity index (χ0v) is 14.8. The van der Waals surface area contributed by atoms with Crippen LogP contribution in [0.4, 0.5) is 0 Å². The summed E-state index contributed by atoms with van der Waals surface area (Å²) in [6.07, 6.45) is 3.55. The maximum absolute atomic E-state index is 12.4. The average molecular weight is 332 g/mol. The van der Waals surface area contributed by atoms with E-state index in [0.717, 1.165) is 17.6 Å². The Balaban J connectivity index is 1.68. The molecule has 4 atom stereocenters. The van der Waals surface area contributed by atoms with E-state index >= 15 is 0 Å². The Bertz CT molecular complexity index is 677. The number of hydrogen-bond acceptors (Lipinski definition) is 3. The second kappa shape index (κ2) is 5.90. The van der Waals surface area contributed by atoms with Gasteiger partial charge in [-0.05, 0) is 53.4 Å². The van der Waals surface area contributed by atoms with Crippen molar-refractivity contribution in [3.05, 3.63) is 47.5 Å². The molecule has 4 heteroatoms. The number of carbonyl (C=O) groups excluding carboxylic acids is 1. The molecule has 3 fully saturated rings. The second-order valence-corrected chi connectivity index (χ2v) is 8.86. The van der Waals surface area contributed by atoms with Crippen LogP contribution in [-0.4, -0.2) is 22.5 Å². The lowest BCUT2D eigenvalue weighted by atomic mass is 9.47. The molecule has 2 bridgehead atoms. The third kappa shape index (κ3) is 3.01. The molecule has 1 aromatic rings. The summed E-state index contributed by atoms with van der Waals surface area (Å²) in [5.41, 5.74) is 2.79. The van der Waals surface area contributed by atoms with Gasteiger partial charge < -0.3 is 4.74 Å². The predicted molar refractivity (Wildman–Crippen MR) is 92.6 cm³/mol. The van der Waals surface area contributed by atoms with Crippen LogP contribution in [0.25, 0.3) is 0 Å². The quantitative estimate of drug-likeness (QED) is 0.623. The minimum atomic E-state index is -0.924. The maximum Gasteiger partial charge on any atom is 0.338 e.